The maximum absolute atomic E-state index is 12.3. The summed E-state index contributed by atoms with van der Waals surface area (Å²) in [4.78, 5) is 4.37. The first-order valence-corrected chi connectivity index (χ1v) is 9.13. The molecule has 0 spiro atoms. The van der Waals surface area contributed by atoms with E-state index in [2.05, 4.69) is 10.1 Å². The van der Waals surface area contributed by atoms with E-state index in [9.17, 15) is 8.42 Å². The van der Waals surface area contributed by atoms with Gasteiger partial charge in [-0.2, -0.15) is 5.10 Å². The molecular weight excluding hydrogens is 302 g/mol. The lowest BCUT2D eigenvalue weighted by Crippen LogP contribution is -2.22. The molecule has 1 aliphatic rings. The molecule has 6 nitrogen and oxygen atoms in total. The second-order valence-corrected chi connectivity index (χ2v) is 7.64. The maximum Gasteiger partial charge on any atom is 0.181 e. The minimum atomic E-state index is -3.26. The van der Waals surface area contributed by atoms with Gasteiger partial charge in [0, 0.05) is 19.2 Å². The van der Waals surface area contributed by atoms with Crippen molar-refractivity contribution in [2.75, 3.05) is 12.4 Å². The Kier molecular flexibility index (Phi) is 4.26. The van der Waals surface area contributed by atoms with E-state index in [0.29, 0.717) is 18.3 Å². The SMILES string of the molecule is Cn1nc(-c2ccccc2)nc1CS(=O)(=O)CC1CCCO1. The zero-order valence-electron chi connectivity index (χ0n) is 12.5. The number of hydrogen-bond donors (Lipinski definition) is 0. The number of hydrogen-bond acceptors (Lipinski definition) is 5. The molecule has 0 saturated carbocycles. The maximum atomic E-state index is 12.3. The average Bonchev–Trinajstić information content (AvgIpc) is 3.10. The highest BCUT2D eigenvalue weighted by Crippen LogP contribution is 2.18. The zero-order chi connectivity index (χ0) is 15.6. The van der Waals surface area contributed by atoms with Crippen molar-refractivity contribution in [3.8, 4) is 11.4 Å². The smallest absolute Gasteiger partial charge is 0.181 e. The Balaban J connectivity index is 1.76. The fourth-order valence-corrected chi connectivity index (χ4v) is 4.16. The molecule has 1 aliphatic heterocycles. The van der Waals surface area contributed by atoms with Crippen LogP contribution in [0.1, 0.15) is 18.7 Å². The van der Waals surface area contributed by atoms with Crippen molar-refractivity contribution >= 4 is 9.84 Å². The minimum Gasteiger partial charge on any atom is -0.377 e. The lowest BCUT2D eigenvalue weighted by atomic mass is 10.2. The quantitative estimate of drug-likeness (QED) is 0.836. The van der Waals surface area contributed by atoms with E-state index in [-0.39, 0.29) is 17.6 Å². The highest BCUT2D eigenvalue weighted by molar-refractivity contribution is 7.90. The van der Waals surface area contributed by atoms with Crippen molar-refractivity contribution in [2.45, 2.75) is 24.7 Å². The lowest BCUT2D eigenvalue weighted by molar-refractivity contribution is 0.127. The standard InChI is InChI=1S/C15H19N3O3S/c1-18-14(11-22(19,20)10-13-8-5-9-21-13)16-15(17-18)12-6-3-2-4-7-12/h2-4,6-7,13H,5,8-11H2,1H3. The Hall–Kier alpha value is -1.73. The van der Waals surface area contributed by atoms with Gasteiger partial charge in [0.15, 0.2) is 15.7 Å². The minimum absolute atomic E-state index is 0.0561. The molecule has 2 aromatic rings. The normalized spacial score (nSPS) is 18.7. The van der Waals surface area contributed by atoms with Gasteiger partial charge in [0.1, 0.15) is 11.6 Å². The molecule has 1 aromatic heterocycles. The highest BCUT2D eigenvalue weighted by atomic mass is 32.2. The van der Waals surface area contributed by atoms with Crippen molar-refractivity contribution in [1.29, 1.82) is 0 Å². The Morgan fingerprint density at radius 3 is 2.77 bits per heavy atom. The van der Waals surface area contributed by atoms with Crippen LogP contribution in [0.5, 0.6) is 0 Å². The molecule has 1 unspecified atom stereocenters. The Labute approximate surface area is 130 Å². The van der Waals surface area contributed by atoms with Crippen LogP contribution in [0.15, 0.2) is 30.3 Å². The van der Waals surface area contributed by atoms with Crippen LogP contribution >= 0.6 is 0 Å². The molecule has 1 aromatic carbocycles. The highest BCUT2D eigenvalue weighted by Gasteiger charge is 2.25. The van der Waals surface area contributed by atoms with E-state index in [4.69, 9.17) is 4.74 Å². The van der Waals surface area contributed by atoms with E-state index in [1.807, 2.05) is 30.3 Å². The predicted molar refractivity (Wildman–Crippen MR) is 82.9 cm³/mol. The van der Waals surface area contributed by atoms with Crippen molar-refractivity contribution in [1.82, 2.24) is 14.8 Å². The number of aryl methyl sites for hydroxylation is 1. The molecule has 7 heteroatoms. The second-order valence-electron chi connectivity index (χ2n) is 5.53. The molecule has 22 heavy (non-hydrogen) atoms. The van der Waals surface area contributed by atoms with Crippen molar-refractivity contribution in [2.24, 2.45) is 7.05 Å². The van der Waals surface area contributed by atoms with Gasteiger partial charge in [0.2, 0.25) is 0 Å². The van der Waals surface area contributed by atoms with Gasteiger partial charge < -0.3 is 4.74 Å². The first kappa shape index (κ1) is 15.2. The third kappa shape index (κ3) is 3.53. The summed E-state index contributed by atoms with van der Waals surface area (Å²) in [5, 5.41) is 4.31. The number of aromatic nitrogens is 3. The average molecular weight is 321 g/mol. The molecule has 0 amide bonds. The van der Waals surface area contributed by atoms with Gasteiger partial charge >= 0.3 is 0 Å². The van der Waals surface area contributed by atoms with Crippen molar-refractivity contribution < 1.29 is 13.2 Å². The van der Waals surface area contributed by atoms with E-state index in [1.165, 1.54) is 4.68 Å². The Morgan fingerprint density at radius 1 is 1.32 bits per heavy atom. The summed E-state index contributed by atoms with van der Waals surface area (Å²) in [6.07, 6.45) is 1.57. The summed E-state index contributed by atoms with van der Waals surface area (Å²) in [7, 11) is -1.54. The molecule has 2 heterocycles. The van der Waals surface area contributed by atoms with Gasteiger partial charge in [0.05, 0.1) is 11.9 Å². The van der Waals surface area contributed by atoms with Gasteiger partial charge in [-0.3, -0.25) is 4.68 Å². The molecule has 0 radical (unpaired) electrons. The zero-order valence-corrected chi connectivity index (χ0v) is 13.3. The summed E-state index contributed by atoms with van der Waals surface area (Å²) in [6.45, 7) is 0.655. The Bertz CT molecular complexity index is 735. The summed E-state index contributed by atoms with van der Waals surface area (Å²) in [5.41, 5.74) is 0.876. The van der Waals surface area contributed by atoms with Crippen LogP contribution < -0.4 is 0 Å². The molecular formula is C15H19N3O3S. The lowest BCUT2D eigenvalue weighted by Gasteiger charge is -2.09. The number of nitrogens with zero attached hydrogens (tertiary/aromatic N) is 3. The third-order valence-corrected chi connectivity index (χ3v) is 5.28. The van der Waals surface area contributed by atoms with Gasteiger partial charge in [-0.25, -0.2) is 13.4 Å². The topological polar surface area (TPSA) is 74.1 Å². The molecule has 3 rings (SSSR count). The number of rotatable bonds is 5. The summed E-state index contributed by atoms with van der Waals surface area (Å²) >= 11 is 0. The molecule has 0 aliphatic carbocycles. The third-order valence-electron chi connectivity index (χ3n) is 3.70. The molecule has 118 valence electrons. The number of ether oxygens (including phenoxy) is 1. The van der Waals surface area contributed by atoms with Crippen LogP contribution in [0.4, 0.5) is 0 Å². The van der Waals surface area contributed by atoms with E-state index < -0.39 is 9.84 Å². The Morgan fingerprint density at radius 2 is 2.09 bits per heavy atom. The molecule has 0 bridgehead atoms. The fraction of sp³-hybridized carbons (Fsp3) is 0.467. The number of benzene rings is 1. The summed E-state index contributed by atoms with van der Waals surface area (Å²) in [6, 6.07) is 9.53. The number of sulfone groups is 1. The monoisotopic (exact) mass is 321 g/mol. The van der Waals surface area contributed by atoms with Crippen LogP contribution in [0.3, 0.4) is 0 Å². The van der Waals surface area contributed by atoms with Gasteiger partial charge in [-0.1, -0.05) is 30.3 Å². The van der Waals surface area contributed by atoms with Crippen molar-refractivity contribution in [3.63, 3.8) is 0 Å². The molecule has 1 atom stereocenters. The molecule has 1 saturated heterocycles. The van der Waals surface area contributed by atoms with E-state index >= 15 is 0 Å². The fourth-order valence-electron chi connectivity index (χ4n) is 2.57. The first-order chi connectivity index (χ1) is 10.5. The molecule has 1 fully saturated rings. The predicted octanol–water partition coefficient (Wildman–Crippen LogP) is 1.58. The van der Waals surface area contributed by atoms with Gasteiger partial charge in [-0.15, -0.1) is 0 Å². The van der Waals surface area contributed by atoms with Crippen LogP contribution in [-0.2, 0) is 27.4 Å². The summed E-state index contributed by atoms with van der Waals surface area (Å²) < 4.78 is 31.5. The molecule has 0 N–H and O–H groups in total. The first-order valence-electron chi connectivity index (χ1n) is 7.31. The van der Waals surface area contributed by atoms with Gasteiger partial charge in [0.25, 0.3) is 0 Å². The second kappa shape index (κ2) is 6.18. The largest absolute Gasteiger partial charge is 0.377 e. The van der Waals surface area contributed by atoms with Crippen LogP contribution in [0.2, 0.25) is 0 Å². The van der Waals surface area contributed by atoms with Crippen LogP contribution in [-0.4, -0.2) is 41.6 Å². The van der Waals surface area contributed by atoms with Gasteiger partial charge in [-0.05, 0) is 12.8 Å². The van der Waals surface area contributed by atoms with Crippen LogP contribution in [0.25, 0.3) is 11.4 Å². The van der Waals surface area contributed by atoms with E-state index in [1.54, 1.807) is 7.05 Å². The van der Waals surface area contributed by atoms with Crippen LogP contribution in [0, 0.1) is 0 Å². The van der Waals surface area contributed by atoms with Crippen molar-refractivity contribution in [3.05, 3.63) is 36.2 Å². The van der Waals surface area contributed by atoms with E-state index in [0.717, 1.165) is 18.4 Å². The summed E-state index contributed by atoms with van der Waals surface area (Å²) in [5.74, 6) is 0.950.